The first-order valence-corrected chi connectivity index (χ1v) is 9.42. The molecule has 1 aliphatic heterocycles. The lowest BCUT2D eigenvalue weighted by Crippen LogP contribution is -2.36. The minimum absolute atomic E-state index is 0.0779. The average Bonchev–Trinajstić information content (AvgIpc) is 3.22. The fourth-order valence-corrected chi connectivity index (χ4v) is 4.06. The van der Waals surface area contributed by atoms with E-state index in [1.54, 1.807) is 13.4 Å². The summed E-state index contributed by atoms with van der Waals surface area (Å²) < 4.78 is 5.62. The van der Waals surface area contributed by atoms with Gasteiger partial charge in [0.25, 0.3) is 0 Å². The van der Waals surface area contributed by atoms with E-state index in [1.807, 2.05) is 30.6 Å². The van der Waals surface area contributed by atoms with Gasteiger partial charge in [-0.1, -0.05) is 18.2 Å². The van der Waals surface area contributed by atoms with Crippen molar-refractivity contribution in [1.29, 1.82) is 0 Å². The third kappa shape index (κ3) is 2.92. The Morgan fingerprint density at radius 3 is 2.89 bits per heavy atom. The Labute approximate surface area is 163 Å². The number of pyridine rings is 2. The molecule has 1 aromatic carbocycles. The highest BCUT2D eigenvalue weighted by atomic mass is 16.5. The fourth-order valence-electron chi connectivity index (χ4n) is 4.06. The second-order valence-corrected chi connectivity index (χ2v) is 7.02. The van der Waals surface area contributed by atoms with Crippen LogP contribution in [0.2, 0.25) is 0 Å². The lowest BCUT2D eigenvalue weighted by molar-refractivity contribution is 0.197. The Kier molecular flexibility index (Phi) is 4.25. The number of methoxy groups -OCH3 is 1. The topological polar surface area (TPSA) is 66.9 Å². The molecule has 0 spiro atoms. The number of nitrogens with one attached hydrogen (secondary N) is 1. The number of hydrogen-bond donors (Lipinski definition) is 1. The third-order valence-corrected chi connectivity index (χ3v) is 5.38. The molecule has 0 saturated heterocycles. The summed E-state index contributed by atoms with van der Waals surface area (Å²) in [5, 5.41) is 1.12. The molecule has 5 rings (SSSR count). The van der Waals surface area contributed by atoms with Crippen LogP contribution in [0.1, 0.15) is 28.6 Å². The van der Waals surface area contributed by atoms with Crippen molar-refractivity contribution in [3.8, 4) is 5.88 Å². The lowest BCUT2D eigenvalue weighted by Gasteiger charge is -2.35. The van der Waals surface area contributed by atoms with Gasteiger partial charge in [-0.3, -0.25) is 9.88 Å². The molecule has 0 radical (unpaired) electrons. The lowest BCUT2D eigenvalue weighted by atomic mass is 9.95. The van der Waals surface area contributed by atoms with Crippen molar-refractivity contribution in [3.63, 3.8) is 0 Å². The zero-order chi connectivity index (χ0) is 18.9. The highest BCUT2D eigenvalue weighted by Crippen LogP contribution is 2.35. The molecule has 0 fully saturated rings. The van der Waals surface area contributed by atoms with Gasteiger partial charge in [0.1, 0.15) is 0 Å². The predicted octanol–water partition coefficient (Wildman–Crippen LogP) is 3.51. The van der Waals surface area contributed by atoms with Gasteiger partial charge in [-0.25, -0.2) is 9.97 Å². The van der Waals surface area contributed by atoms with E-state index in [0.717, 1.165) is 41.7 Å². The van der Waals surface area contributed by atoms with E-state index in [-0.39, 0.29) is 6.04 Å². The molecule has 0 amide bonds. The first-order chi connectivity index (χ1) is 13.8. The SMILES string of the molecule is COc1nc2ccccc2cc1CN1CCc2[nH]cnc2C1c1ccncc1. The Hall–Kier alpha value is -3.25. The fraction of sp³-hybridized carbons (Fsp3) is 0.227. The molecule has 0 bridgehead atoms. The van der Waals surface area contributed by atoms with Crippen molar-refractivity contribution in [2.24, 2.45) is 0 Å². The third-order valence-electron chi connectivity index (χ3n) is 5.38. The average molecular weight is 371 g/mol. The minimum Gasteiger partial charge on any atom is -0.481 e. The molecule has 0 aliphatic carbocycles. The molecule has 28 heavy (non-hydrogen) atoms. The number of para-hydroxylation sites is 1. The van der Waals surface area contributed by atoms with Crippen LogP contribution in [0.25, 0.3) is 10.9 Å². The second-order valence-electron chi connectivity index (χ2n) is 7.02. The van der Waals surface area contributed by atoms with Crippen LogP contribution in [0.3, 0.4) is 0 Å². The van der Waals surface area contributed by atoms with Crippen molar-refractivity contribution >= 4 is 10.9 Å². The molecule has 3 aromatic heterocycles. The van der Waals surface area contributed by atoms with Crippen LogP contribution in [0.4, 0.5) is 0 Å². The van der Waals surface area contributed by atoms with Crippen LogP contribution in [0.5, 0.6) is 5.88 Å². The molecule has 0 saturated carbocycles. The van der Waals surface area contributed by atoms with Crippen molar-refractivity contribution < 1.29 is 4.74 Å². The molecule has 1 aliphatic rings. The number of aromatic amines is 1. The van der Waals surface area contributed by atoms with Crippen LogP contribution < -0.4 is 4.74 Å². The molecule has 6 heteroatoms. The van der Waals surface area contributed by atoms with Gasteiger partial charge in [-0.2, -0.15) is 0 Å². The normalized spacial score (nSPS) is 16.8. The minimum atomic E-state index is 0.0779. The largest absolute Gasteiger partial charge is 0.481 e. The van der Waals surface area contributed by atoms with E-state index in [2.05, 4.69) is 44.1 Å². The van der Waals surface area contributed by atoms with Crippen molar-refractivity contribution in [2.75, 3.05) is 13.7 Å². The van der Waals surface area contributed by atoms with E-state index >= 15 is 0 Å². The van der Waals surface area contributed by atoms with E-state index in [1.165, 1.54) is 11.3 Å². The number of imidazole rings is 1. The number of ether oxygens (including phenoxy) is 1. The van der Waals surface area contributed by atoms with E-state index < -0.39 is 0 Å². The summed E-state index contributed by atoms with van der Waals surface area (Å²) in [5.74, 6) is 0.681. The monoisotopic (exact) mass is 371 g/mol. The summed E-state index contributed by atoms with van der Waals surface area (Å²) in [6.45, 7) is 1.67. The number of benzene rings is 1. The molecule has 6 nitrogen and oxygen atoms in total. The van der Waals surface area contributed by atoms with Crippen LogP contribution in [-0.2, 0) is 13.0 Å². The molecule has 1 unspecified atom stereocenters. The standard InChI is InChI=1S/C22H21N5O/c1-28-22-17(12-16-4-2-3-5-18(16)26-22)13-27-11-8-19-20(25-14-24-19)21(27)15-6-9-23-10-7-15/h2-7,9-10,12,14,21H,8,11,13H2,1H3,(H,24,25). The smallest absolute Gasteiger partial charge is 0.218 e. The number of hydrogen-bond acceptors (Lipinski definition) is 5. The Morgan fingerprint density at radius 2 is 2.04 bits per heavy atom. The van der Waals surface area contributed by atoms with Gasteiger partial charge in [0.05, 0.1) is 30.7 Å². The molecule has 140 valence electrons. The van der Waals surface area contributed by atoms with Gasteiger partial charge in [0.2, 0.25) is 5.88 Å². The van der Waals surface area contributed by atoms with E-state index in [0.29, 0.717) is 5.88 Å². The zero-order valence-electron chi connectivity index (χ0n) is 15.7. The quantitative estimate of drug-likeness (QED) is 0.595. The number of nitrogens with zero attached hydrogens (tertiary/aromatic N) is 4. The maximum atomic E-state index is 5.62. The van der Waals surface area contributed by atoms with Crippen LogP contribution in [0, 0.1) is 0 Å². The van der Waals surface area contributed by atoms with Gasteiger partial charge >= 0.3 is 0 Å². The predicted molar refractivity (Wildman–Crippen MR) is 107 cm³/mol. The van der Waals surface area contributed by atoms with Gasteiger partial charge in [0.15, 0.2) is 0 Å². The Bertz CT molecular complexity index is 1110. The van der Waals surface area contributed by atoms with Gasteiger partial charge in [-0.15, -0.1) is 0 Å². The summed E-state index contributed by atoms with van der Waals surface area (Å²) in [4.78, 5) is 19.3. The Balaban J connectivity index is 1.56. The van der Waals surface area contributed by atoms with Crippen LogP contribution in [-0.4, -0.2) is 38.5 Å². The van der Waals surface area contributed by atoms with Gasteiger partial charge in [-0.05, 0) is 29.8 Å². The number of aromatic nitrogens is 4. The van der Waals surface area contributed by atoms with Crippen LogP contribution in [0.15, 0.2) is 61.2 Å². The first kappa shape index (κ1) is 16.9. The summed E-state index contributed by atoms with van der Waals surface area (Å²) in [6.07, 6.45) is 6.42. The van der Waals surface area contributed by atoms with E-state index in [4.69, 9.17) is 9.72 Å². The van der Waals surface area contributed by atoms with Crippen molar-refractivity contribution in [1.82, 2.24) is 24.8 Å². The summed E-state index contributed by atoms with van der Waals surface area (Å²) in [6, 6.07) is 14.5. The molecular formula is C22H21N5O. The van der Waals surface area contributed by atoms with Gasteiger partial charge in [0, 0.05) is 48.5 Å². The summed E-state index contributed by atoms with van der Waals surface area (Å²) in [5.41, 5.74) is 5.52. The van der Waals surface area contributed by atoms with E-state index in [9.17, 15) is 0 Å². The van der Waals surface area contributed by atoms with Crippen molar-refractivity contribution in [3.05, 3.63) is 83.7 Å². The first-order valence-electron chi connectivity index (χ1n) is 9.42. The van der Waals surface area contributed by atoms with Crippen molar-refractivity contribution in [2.45, 2.75) is 19.0 Å². The van der Waals surface area contributed by atoms with Crippen LogP contribution >= 0.6 is 0 Å². The van der Waals surface area contributed by atoms with Gasteiger partial charge < -0.3 is 9.72 Å². The molecule has 1 N–H and O–H groups in total. The molecule has 1 atom stereocenters. The summed E-state index contributed by atoms with van der Waals surface area (Å²) in [7, 11) is 1.68. The highest BCUT2D eigenvalue weighted by Gasteiger charge is 2.31. The molecule has 4 heterocycles. The maximum Gasteiger partial charge on any atom is 0.218 e. The highest BCUT2D eigenvalue weighted by molar-refractivity contribution is 5.80. The summed E-state index contributed by atoms with van der Waals surface area (Å²) >= 11 is 0. The number of fused-ring (bicyclic) bond motifs is 2. The Morgan fingerprint density at radius 1 is 1.18 bits per heavy atom. The zero-order valence-corrected chi connectivity index (χ0v) is 15.7. The molecular weight excluding hydrogens is 350 g/mol. The number of rotatable bonds is 4. The molecule has 4 aromatic rings. The maximum absolute atomic E-state index is 5.62. The second kappa shape index (κ2) is 7.05. The number of H-pyrrole nitrogens is 1.